The van der Waals surface area contributed by atoms with Crippen molar-refractivity contribution in [1.29, 1.82) is 0 Å². The van der Waals surface area contributed by atoms with Gasteiger partial charge in [0.15, 0.2) is 0 Å². The Bertz CT molecular complexity index is 375. The Morgan fingerprint density at radius 3 is 2.56 bits per heavy atom. The normalized spacial score (nSPS) is 17.2. The lowest BCUT2D eigenvalue weighted by molar-refractivity contribution is 0.355. The summed E-state index contributed by atoms with van der Waals surface area (Å²) in [5.41, 5.74) is 7.42. The van der Waals surface area contributed by atoms with Crippen LogP contribution in [0.15, 0.2) is 0 Å². The number of nitrogens with two attached hydrogens (primary N) is 1. The van der Waals surface area contributed by atoms with Crippen molar-refractivity contribution in [2.45, 2.75) is 71.8 Å². The number of nitrogen functional groups attached to an aromatic ring is 1. The molecule has 1 aromatic rings. The molecule has 0 atom stereocenters. The number of aryl methyl sites for hydroxylation is 1. The van der Waals surface area contributed by atoms with Crippen molar-refractivity contribution in [3.05, 3.63) is 11.5 Å². The second kappa shape index (κ2) is 6.26. The lowest BCUT2D eigenvalue weighted by Gasteiger charge is -2.20. The molecular weight excluding hydrogens is 222 g/mol. The van der Waals surface area contributed by atoms with Crippen molar-refractivity contribution < 1.29 is 0 Å². The van der Waals surface area contributed by atoms with Crippen LogP contribution in [-0.2, 0) is 19.4 Å². The van der Waals surface area contributed by atoms with Crippen LogP contribution in [0.4, 0.5) is 5.82 Å². The molecule has 0 bridgehead atoms. The highest BCUT2D eigenvalue weighted by molar-refractivity contribution is 5.38. The summed E-state index contributed by atoms with van der Waals surface area (Å²) in [4.78, 5) is 4.80. The number of aromatic nitrogens is 2. The van der Waals surface area contributed by atoms with Gasteiger partial charge in [-0.25, -0.2) is 4.98 Å². The van der Waals surface area contributed by atoms with E-state index in [4.69, 9.17) is 10.7 Å². The maximum Gasteiger partial charge on any atom is 0.126 e. The zero-order chi connectivity index (χ0) is 13.0. The molecule has 0 amide bonds. The quantitative estimate of drug-likeness (QED) is 0.867. The monoisotopic (exact) mass is 249 g/mol. The van der Waals surface area contributed by atoms with Gasteiger partial charge in [0, 0.05) is 13.0 Å². The summed E-state index contributed by atoms with van der Waals surface area (Å²) < 4.78 is 2.20. The number of imidazole rings is 1. The SMILES string of the molecule is CCCc1nc(CC2CCCCC2)c(N)n1CC. The second-order valence-electron chi connectivity index (χ2n) is 5.56. The molecule has 102 valence electrons. The van der Waals surface area contributed by atoms with Crippen LogP contribution in [0.1, 0.15) is 63.9 Å². The van der Waals surface area contributed by atoms with Crippen molar-refractivity contribution in [3.8, 4) is 0 Å². The van der Waals surface area contributed by atoms with Gasteiger partial charge in [-0.1, -0.05) is 39.0 Å². The third-order valence-corrected chi connectivity index (χ3v) is 4.16. The fraction of sp³-hybridized carbons (Fsp3) is 0.800. The average molecular weight is 249 g/mol. The molecule has 0 saturated heterocycles. The molecule has 0 radical (unpaired) electrons. The van der Waals surface area contributed by atoms with Gasteiger partial charge in [0.1, 0.15) is 11.6 Å². The van der Waals surface area contributed by atoms with E-state index >= 15 is 0 Å². The van der Waals surface area contributed by atoms with Crippen LogP contribution < -0.4 is 5.73 Å². The molecule has 1 heterocycles. The zero-order valence-electron chi connectivity index (χ0n) is 11.9. The Morgan fingerprint density at radius 2 is 1.94 bits per heavy atom. The van der Waals surface area contributed by atoms with Gasteiger partial charge in [0.25, 0.3) is 0 Å². The molecule has 1 aliphatic carbocycles. The highest BCUT2D eigenvalue weighted by Crippen LogP contribution is 2.28. The minimum atomic E-state index is 0.815. The van der Waals surface area contributed by atoms with Gasteiger partial charge < -0.3 is 10.3 Å². The maximum atomic E-state index is 6.26. The number of rotatable bonds is 5. The predicted molar refractivity (Wildman–Crippen MR) is 76.6 cm³/mol. The van der Waals surface area contributed by atoms with Gasteiger partial charge in [-0.15, -0.1) is 0 Å². The Morgan fingerprint density at radius 1 is 1.22 bits per heavy atom. The molecule has 2 N–H and O–H groups in total. The van der Waals surface area contributed by atoms with Crippen molar-refractivity contribution in [2.75, 3.05) is 5.73 Å². The Balaban J connectivity index is 2.11. The minimum absolute atomic E-state index is 0.815. The molecular formula is C15H27N3. The fourth-order valence-corrected chi connectivity index (χ4v) is 3.15. The highest BCUT2D eigenvalue weighted by Gasteiger charge is 2.19. The Labute approximate surface area is 111 Å². The molecule has 18 heavy (non-hydrogen) atoms. The molecule has 2 rings (SSSR count). The van der Waals surface area contributed by atoms with Crippen LogP contribution in [0.25, 0.3) is 0 Å². The first-order valence-electron chi connectivity index (χ1n) is 7.60. The van der Waals surface area contributed by atoms with Crippen molar-refractivity contribution >= 4 is 5.82 Å². The van der Waals surface area contributed by atoms with E-state index in [9.17, 15) is 0 Å². The van der Waals surface area contributed by atoms with Crippen molar-refractivity contribution in [3.63, 3.8) is 0 Å². The van der Waals surface area contributed by atoms with Crippen LogP contribution >= 0.6 is 0 Å². The third-order valence-electron chi connectivity index (χ3n) is 4.16. The molecule has 3 heteroatoms. The minimum Gasteiger partial charge on any atom is -0.384 e. The smallest absolute Gasteiger partial charge is 0.126 e. The summed E-state index contributed by atoms with van der Waals surface area (Å²) in [6.07, 6.45) is 10.2. The van der Waals surface area contributed by atoms with Gasteiger partial charge >= 0.3 is 0 Å². The molecule has 0 unspecified atom stereocenters. The largest absolute Gasteiger partial charge is 0.384 e. The van der Waals surface area contributed by atoms with E-state index in [1.807, 2.05) is 0 Å². The van der Waals surface area contributed by atoms with Crippen molar-refractivity contribution in [1.82, 2.24) is 9.55 Å². The molecule has 0 aliphatic heterocycles. The zero-order valence-corrected chi connectivity index (χ0v) is 11.9. The van der Waals surface area contributed by atoms with E-state index < -0.39 is 0 Å². The Hall–Kier alpha value is -0.990. The fourth-order valence-electron chi connectivity index (χ4n) is 3.15. The first-order valence-corrected chi connectivity index (χ1v) is 7.60. The van der Waals surface area contributed by atoms with Crippen LogP contribution in [-0.4, -0.2) is 9.55 Å². The summed E-state index contributed by atoms with van der Waals surface area (Å²) in [7, 11) is 0. The lowest BCUT2D eigenvalue weighted by atomic mass is 9.86. The van der Waals surface area contributed by atoms with Crippen LogP contribution in [0, 0.1) is 5.92 Å². The maximum absolute atomic E-state index is 6.26. The van der Waals surface area contributed by atoms with Crippen LogP contribution in [0.5, 0.6) is 0 Å². The molecule has 1 aliphatic rings. The second-order valence-corrected chi connectivity index (χ2v) is 5.56. The number of hydrogen-bond acceptors (Lipinski definition) is 2. The van der Waals surface area contributed by atoms with E-state index in [2.05, 4.69) is 18.4 Å². The molecule has 0 spiro atoms. The van der Waals surface area contributed by atoms with Gasteiger partial charge in [-0.2, -0.15) is 0 Å². The van der Waals surface area contributed by atoms with E-state index in [1.165, 1.54) is 37.9 Å². The number of anilines is 1. The standard InChI is InChI=1S/C15H27N3/c1-3-8-14-17-13(15(16)18(14)4-2)11-12-9-6-5-7-10-12/h12H,3-11,16H2,1-2H3. The summed E-state index contributed by atoms with van der Waals surface area (Å²) >= 11 is 0. The van der Waals surface area contributed by atoms with Gasteiger partial charge in [-0.05, 0) is 25.7 Å². The lowest BCUT2D eigenvalue weighted by Crippen LogP contribution is -2.11. The van der Waals surface area contributed by atoms with Crippen LogP contribution in [0.2, 0.25) is 0 Å². The predicted octanol–water partition coefficient (Wildman–Crippen LogP) is 3.56. The number of hydrogen-bond donors (Lipinski definition) is 1. The average Bonchev–Trinajstić information content (AvgIpc) is 2.67. The topological polar surface area (TPSA) is 43.8 Å². The summed E-state index contributed by atoms with van der Waals surface area (Å²) in [6.45, 7) is 5.30. The van der Waals surface area contributed by atoms with Gasteiger partial charge in [0.05, 0.1) is 5.69 Å². The first kappa shape index (κ1) is 13.4. The molecule has 1 aromatic heterocycles. The van der Waals surface area contributed by atoms with E-state index in [0.29, 0.717) is 0 Å². The molecule has 0 aromatic carbocycles. The van der Waals surface area contributed by atoms with Crippen molar-refractivity contribution in [2.24, 2.45) is 5.92 Å². The highest BCUT2D eigenvalue weighted by atomic mass is 15.1. The van der Waals surface area contributed by atoms with Crippen LogP contribution in [0.3, 0.4) is 0 Å². The molecule has 1 saturated carbocycles. The summed E-state index contributed by atoms with van der Waals surface area (Å²) in [5.74, 6) is 2.92. The van der Waals surface area contributed by atoms with E-state index in [1.54, 1.807) is 0 Å². The van der Waals surface area contributed by atoms with Gasteiger partial charge in [-0.3, -0.25) is 0 Å². The first-order chi connectivity index (χ1) is 8.76. The third kappa shape index (κ3) is 2.88. The molecule has 1 fully saturated rings. The van der Waals surface area contributed by atoms with Gasteiger partial charge in [0.2, 0.25) is 0 Å². The number of nitrogens with zero attached hydrogens (tertiary/aromatic N) is 2. The van der Waals surface area contributed by atoms with E-state index in [-0.39, 0.29) is 0 Å². The Kier molecular flexibility index (Phi) is 4.67. The summed E-state index contributed by atoms with van der Waals surface area (Å²) in [5, 5.41) is 0. The molecule has 3 nitrogen and oxygen atoms in total. The van der Waals surface area contributed by atoms with E-state index in [0.717, 1.165) is 43.2 Å². The summed E-state index contributed by atoms with van der Waals surface area (Å²) in [6, 6.07) is 0.